The molecular formula is C13H12BrF4NO2. The van der Waals surface area contributed by atoms with Gasteiger partial charge in [0.2, 0.25) is 0 Å². The summed E-state index contributed by atoms with van der Waals surface area (Å²) in [4.78, 5) is 12.8. The summed E-state index contributed by atoms with van der Waals surface area (Å²) in [6.45, 7) is 0.815. The molecule has 1 heterocycles. The SMILES string of the molecule is O=C(CBr)c1cc(F)c(N2CCOCC2)c(C(F)(F)F)c1. The molecule has 0 aromatic heterocycles. The Balaban J connectivity index is 2.54. The van der Waals surface area contributed by atoms with E-state index in [9.17, 15) is 22.4 Å². The lowest BCUT2D eigenvalue weighted by molar-refractivity contribution is -0.137. The summed E-state index contributed by atoms with van der Waals surface area (Å²) in [5.74, 6) is -1.65. The zero-order valence-corrected chi connectivity index (χ0v) is 12.4. The van der Waals surface area contributed by atoms with Crippen molar-refractivity contribution in [3.8, 4) is 0 Å². The maximum absolute atomic E-state index is 14.2. The maximum atomic E-state index is 14.2. The Labute approximate surface area is 127 Å². The highest BCUT2D eigenvalue weighted by Gasteiger charge is 2.38. The van der Waals surface area contributed by atoms with Crippen LogP contribution in [0.5, 0.6) is 0 Å². The monoisotopic (exact) mass is 369 g/mol. The number of halogens is 5. The maximum Gasteiger partial charge on any atom is 0.418 e. The van der Waals surface area contributed by atoms with Gasteiger partial charge >= 0.3 is 6.18 Å². The molecule has 1 aliphatic rings. The first-order valence-corrected chi connectivity index (χ1v) is 7.29. The normalized spacial score (nSPS) is 16.1. The van der Waals surface area contributed by atoms with Crippen molar-refractivity contribution in [2.75, 3.05) is 36.5 Å². The molecule has 1 aromatic carbocycles. The molecule has 1 saturated heterocycles. The van der Waals surface area contributed by atoms with E-state index in [0.29, 0.717) is 6.07 Å². The molecule has 0 bridgehead atoms. The van der Waals surface area contributed by atoms with Gasteiger partial charge in [-0.15, -0.1) is 0 Å². The predicted molar refractivity (Wildman–Crippen MR) is 72.6 cm³/mol. The lowest BCUT2D eigenvalue weighted by Gasteiger charge is -2.31. The molecular weight excluding hydrogens is 358 g/mol. The fourth-order valence-electron chi connectivity index (χ4n) is 2.16. The van der Waals surface area contributed by atoms with Crippen LogP contribution >= 0.6 is 15.9 Å². The summed E-state index contributed by atoms with van der Waals surface area (Å²) < 4.78 is 58.8. The number of morpholine rings is 1. The van der Waals surface area contributed by atoms with E-state index in [1.807, 2.05) is 0 Å². The summed E-state index contributed by atoms with van der Waals surface area (Å²) in [6.07, 6.45) is -4.74. The van der Waals surface area contributed by atoms with E-state index in [1.165, 1.54) is 4.90 Å². The van der Waals surface area contributed by atoms with Gasteiger partial charge < -0.3 is 9.64 Å². The smallest absolute Gasteiger partial charge is 0.378 e. The first kappa shape index (κ1) is 16.2. The van der Waals surface area contributed by atoms with Gasteiger partial charge in [-0.2, -0.15) is 13.2 Å². The van der Waals surface area contributed by atoms with Gasteiger partial charge in [0.25, 0.3) is 0 Å². The minimum absolute atomic E-state index is 0.166. The lowest BCUT2D eigenvalue weighted by atomic mass is 10.0. The number of anilines is 1. The van der Waals surface area contributed by atoms with E-state index in [0.717, 1.165) is 6.07 Å². The number of hydrogen-bond acceptors (Lipinski definition) is 3. The van der Waals surface area contributed by atoms with Crippen molar-refractivity contribution in [1.82, 2.24) is 0 Å². The van der Waals surface area contributed by atoms with Crippen LogP contribution in [0.1, 0.15) is 15.9 Å². The van der Waals surface area contributed by atoms with Crippen LogP contribution in [0.25, 0.3) is 0 Å². The van der Waals surface area contributed by atoms with Crippen LogP contribution < -0.4 is 4.90 Å². The summed E-state index contributed by atoms with van der Waals surface area (Å²) in [5.41, 5.74) is -1.95. The molecule has 3 nitrogen and oxygen atoms in total. The van der Waals surface area contributed by atoms with Crippen LogP contribution in [0.2, 0.25) is 0 Å². The molecule has 0 radical (unpaired) electrons. The minimum Gasteiger partial charge on any atom is -0.378 e. The number of alkyl halides is 4. The van der Waals surface area contributed by atoms with Gasteiger partial charge in [0.1, 0.15) is 5.82 Å². The molecule has 0 saturated carbocycles. The Morgan fingerprint density at radius 1 is 1.29 bits per heavy atom. The van der Waals surface area contributed by atoms with Gasteiger partial charge in [-0.1, -0.05) is 15.9 Å². The topological polar surface area (TPSA) is 29.5 Å². The summed E-state index contributed by atoms with van der Waals surface area (Å²) in [5, 5.41) is -0.166. The number of ether oxygens (including phenoxy) is 1. The van der Waals surface area contributed by atoms with Crippen molar-refractivity contribution in [2.45, 2.75) is 6.18 Å². The van der Waals surface area contributed by atoms with Gasteiger partial charge in [-0.25, -0.2) is 4.39 Å². The number of ketones is 1. The van der Waals surface area contributed by atoms with Gasteiger partial charge in [0.15, 0.2) is 5.78 Å². The third kappa shape index (κ3) is 3.55. The van der Waals surface area contributed by atoms with Gasteiger partial charge in [-0.3, -0.25) is 4.79 Å². The highest BCUT2D eigenvalue weighted by molar-refractivity contribution is 9.09. The van der Waals surface area contributed by atoms with Crippen molar-refractivity contribution < 1.29 is 27.1 Å². The Morgan fingerprint density at radius 2 is 1.90 bits per heavy atom. The summed E-state index contributed by atoms with van der Waals surface area (Å²) in [6, 6.07) is 1.56. The highest BCUT2D eigenvalue weighted by Crippen LogP contribution is 2.39. The average Bonchev–Trinajstić information content (AvgIpc) is 2.45. The van der Waals surface area contributed by atoms with Crippen LogP contribution in [-0.2, 0) is 10.9 Å². The second-order valence-corrected chi connectivity index (χ2v) is 5.07. The molecule has 1 fully saturated rings. The van der Waals surface area contributed by atoms with Gasteiger partial charge in [0.05, 0.1) is 29.8 Å². The Morgan fingerprint density at radius 3 is 2.43 bits per heavy atom. The van der Waals surface area contributed by atoms with E-state index in [2.05, 4.69) is 15.9 Å². The van der Waals surface area contributed by atoms with Gasteiger partial charge in [0, 0.05) is 18.7 Å². The molecule has 116 valence electrons. The molecule has 0 spiro atoms. The second kappa shape index (κ2) is 6.31. The largest absolute Gasteiger partial charge is 0.418 e. The zero-order valence-electron chi connectivity index (χ0n) is 10.8. The van der Waals surface area contributed by atoms with E-state index in [4.69, 9.17) is 4.74 Å². The third-order valence-corrected chi connectivity index (χ3v) is 3.65. The standard InChI is InChI=1S/C13H12BrF4NO2/c14-7-11(20)8-5-9(13(16,17)18)12(10(15)6-8)19-1-3-21-4-2-19/h5-6H,1-4,7H2. The predicted octanol–water partition coefficient (Wildman–Crippen LogP) is 3.26. The molecule has 0 N–H and O–H groups in total. The molecule has 0 unspecified atom stereocenters. The summed E-state index contributed by atoms with van der Waals surface area (Å²) in [7, 11) is 0. The number of hydrogen-bond donors (Lipinski definition) is 0. The molecule has 0 amide bonds. The van der Waals surface area contributed by atoms with Crippen LogP contribution in [0.4, 0.5) is 23.2 Å². The molecule has 1 aliphatic heterocycles. The van der Waals surface area contributed by atoms with Crippen LogP contribution in [0, 0.1) is 5.82 Å². The number of Topliss-reactive ketones (excluding diaryl/α,β-unsaturated/α-hetero) is 1. The Hall–Kier alpha value is -1.15. The summed E-state index contributed by atoms with van der Waals surface area (Å²) >= 11 is 2.87. The lowest BCUT2D eigenvalue weighted by Crippen LogP contribution is -2.38. The zero-order chi connectivity index (χ0) is 15.6. The van der Waals surface area contributed by atoms with E-state index >= 15 is 0 Å². The Bertz CT molecular complexity index is 542. The molecule has 8 heteroatoms. The Kier molecular flexibility index (Phi) is 4.88. The molecule has 1 aromatic rings. The van der Waals surface area contributed by atoms with Crippen LogP contribution in [-0.4, -0.2) is 37.4 Å². The number of carbonyl (C=O) groups is 1. The molecule has 0 aliphatic carbocycles. The fourth-order valence-corrected chi connectivity index (χ4v) is 2.49. The second-order valence-electron chi connectivity index (χ2n) is 4.51. The molecule has 21 heavy (non-hydrogen) atoms. The van der Waals surface area contributed by atoms with E-state index in [-0.39, 0.29) is 37.2 Å². The van der Waals surface area contributed by atoms with Crippen molar-refractivity contribution in [1.29, 1.82) is 0 Å². The first-order chi connectivity index (χ1) is 9.84. The third-order valence-electron chi connectivity index (χ3n) is 3.14. The van der Waals surface area contributed by atoms with Crippen LogP contribution in [0.3, 0.4) is 0 Å². The van der Waals surface area contributed by atoms with E-state index < -0.39 is 29.0 Å². The van der Waals surface area contributed by atoms with E-state index in [1.54, 1.807) is 0 Å². The molecule has 2 rings (SSSR count). The average molecular weight is 370 g/mol. The highest BCUT2D eigenvalue weighted by atomic mass is 79.9. The van der Waals surface area contributed by atoms with Crippen molar-refractivity contribution in [3.05, 3.63) is 29.1 Å². The molecule has 0 atom stereocenters. The number of rotatable bonds is 3. The van der Waals surface area contributed by atoms with Crippen molar-refractivity contribution in [3.63, 3.8) is 0 Å². The number of nitrogens with zero attached hydrogens (tertiary/aromatic N) is 1. The minimum atomic E-state index is -4.74. The quantitative estimate of drug-likeness (QED) is 0.465. The van der Waals surface area contributed by atoms with Crippen LogP contribution in [0.15, 0.2) is 12.1 Å². The van der Waals surface area contributed by atoms with Gasteiger partial charge in [-0.05, 0) is 12.1 Å². The first-order valence-electron chi connectivity index (χ1n) is 6.17. The number of benzene rings is 1. The number of carbonyl (C=O) groups excluding carboxylic acids is 1. The van der Waals surface area contributed by atoms with Crippen molar-refractivity contribution >= 4 is 27.4 Å². The fraction of sp³-hybridized carbons (Fsp3) is 0.462. The van der Waals surface area contributed by atoms with Crippen molar-refractivity contribution in [2.24, 2.45) is 0 Å².